The summed E-state index contributed by atoms with van der Waals surface area (Å²) in [6.07, 6.45) is 10.7. The lowest BCUT2D eigenvalue weighted by molar-refractivity contribution is 0.795. The van der Waals surface area contributed by atoms with Crippen LogP contribution in [0.5, 0.6) is 0 Å². The van der Waals surface area contributed by atoms with Gasteiger partial charge in [-0.2, -0.15) is 0 Å². The van der Waals surface area contributed by atoms with Crippen LogP contribution >= 0.6 is 0 Å². The Morgan fingerprint density at radius 3 is 2.20 bits per heavy atom. The normalized spacial score (nSPS) is 16.3. The molecule has 1 heteroatoms. The van der Waals surface area contributed by atoms with E-state index >= 15 is 0 Å². The Labute approximate surface area is 154 Å². The third kappa shape index (κ3) is 3.57. The molecule has 1 aliphatic carbocycles. The van der Waals surface area contributed by atoms with Gasteiger partial charge >= 0.3 is 0 Å². The summed E-state index contributed by atoms with van der Waals surface area (Å²) in [5, 5.41) is 4.77. The second kappa shape index (κ2) is 8.01. The highest BCUT2D eigenvalue weighted by Crippen LogP contribution is 2.30. The van der Waals surface area contributed by atoms with Crippen LogP contribution < -0.4 is 10.4 Å². The predicted octanol–water partition coefficient (Wildman–Crippen LogP) is 5.43. The minimum atomic E-state index is -1.89. The van der Waals surface area contributed by atoms with Crippen molar-refractivity contribution in [1.82, 2.24) is 0 Å². The zero-order valence-electron chi connectivity index (χ0n) is 15.9. The van der Waals surface area contributed by atoms with Crippen molar-refractivity contribution in [2.75, 3.05) is 0 Å². The van der Waals surface area contributed by atoms with Gasteiger partial charge in [0.15, 0.2) is 0 Å². The largest absolute Gasteiger partial charge is 0.141 e. The van der Waals surface area contributed by atoms with Crippen LogP contribution in [0.15, 0.2) is 77.5 Å². The van der Waals surface area contributed by atoms with Gasteiger partial charge < -0.3 is 0 Å². The van der Waals surface area contributed by atoms with Crippen molar-refractivity contribution in [1.29, 1.82) is 0 Å². The van der Waals surface area contributed by atoms with Crippen molar-refractivity contribution in [3.63, 3.8) is 0 Å². The molecule has 0 bridgehead atoms. The zero-order chi connectivity index (χ0) is 17.7. The molecule has 0 aliphatic heterocycles. The van der Waals surface area contributed by atoms with E-state index in [-0.39, 0.29) is 0 Å². The van der Waals surface area contributed by atoms with Crippen LogP contribution in [-0.2, 0) is 6.42 Å². The molecule has 0 saturated carbocycles. The first kappa shape index (κ1) is 17.9. The van der Waals surface area contributed by atoms with Gasteiger partial charge in [0.2, 0.25) is 0 Å². The molecule has 0 aromatic heterocycles. The van der Waals surface area contributed by atoms with Crippen LogP contribution in [0.3, 0.4) is 0 Å². The van der Waals surface area contributed by atoms with Crippen LogP contribution in [0.25, 0.3) is 0 Å². The van der Waals surface area contributed by atoms with E-state index in [2.05, 4.69) is 87.1 Å². The molecule has 1 atom stereocenters. The van der Waals surface area contributed by atoms with Gasteiger partial charge in [-0.25, -0.2) is 0 Å². The monoisotopic (exact) mass is 346 g/mol. The van der Waals surface area contributed by atoms with Gasteiger partial charge in [0, 0.05) is 0 Å². The third-order valence-corrected chi connectivity index (χ3v) is 10.4. The molecule has 0 spiro atoms. The summed E-state index contributed by atoms with van der Waals surface area (Å²) in [7, 11) is -1.89. The van der Waals surface area contributed by atoms with Gasteiger partial charge in [0.1, 0.15) is 8.07 Å². The standard InChI is InChI=1S/C24H30Si/c1-4-6-11-20-16-18-23(19-17-20)25(3,22-13-8-7-9-14-22)24-15-10-12-21(24)5-2/h7-10,12-14,16-19H,4-6,11,15H2,1-3H3. The highest BCUT2D eigenvalue weighted by Gasteiger charge is 2.37. The summed E-state index contributed by atoms with van der Waals surface area (Å²) in [6.45, 7) is 7.10. The average molecular weight is 347 g/mol. The van der Waals surface area contributed by atoms with Gasteiger partial charge in [-0.15, -0.1) is 0 Å². The van der Waals surface area contributed by atoms with E-state index in [0.29, 0.717) is 0 Å². The van der Waals surface area contributed by atoms with E-state index in [1.165, 1.54) is 30.0 Å². The Morgan fingerprint density at radius 1 is 0.880 bits per heavy atom. The highest BCUT2D eigenvalue weighted by atomic mass is 28.3. The van der Waals surface area contributed by atoms with Crippen molar-refractivity contribution < 1.29 is 0 Å². The van der Waals surface area contributed by atoms with Crippen LogP contribution in [0.1, 0.15) is 45.1 Å². The van der Waals surface area contributed by atoms with E-state index in [0.717, 1.165) is 12.8 Å². The molecule has 1 unspecified atom stereocenters. The predicted molar refractivity (Wildman–Crippen MR) is 113 cm³/mol. The molecule has 0 fully saturated rings. The molecule has 0 N–H and O–H groups in total. The number of unbranched alkanes of at least 4 members (excludes halogenated alkanes) is 1. The lowest BCUT2D eigenvalue weighted by atomic mass is 10.1. The smallest absolute Gasteiger partial charge is 0.0806 e. The number of allylic oxidation sites excluding steroid dienone is 4. The third-order valence-electron chi connectivity index (χ3n) is 5.71. The molecule has 130 valence electrons. The van der Waals surface area contributed by atoms with Crippen LogP contribution in [-0.4, -0.2) is 8.07 Å². The molecule has 25 heavy (non-hydrogen) atoms. The van der Waals surface area contributed by atoms with Gasteiger partial charge in [-0.3, -0.25) is 0 Å². The second-order valence-corrected chi connectivity index (χ2v) is 11.3. The number of rotatable bonds is 7. The van der Waals surface area contributed by atoms with Crippen molar-refractivity contribution in [2.45, 2.75) is 52.5 Å². The van der Waals surface area contributed by atoms with E-state index < -0.39 is 8.07 Å². The maximum absolute atomic E-state index is 2.54. The fourth-order valence-corrected chi connectivity index (χ4v) is 8.23. The van der Waals surface area contributed by atoms with Crippen molar-refractivity contribution >= 4 is 18.4 Å². The van der Waals surface area contributed by atoms with E-state index in [4.69, 9.17) is 0 Å². The molecule has 0 amide bonds. The Hall–Kier alpha value is -1.86. The Morgan fingerprint density at radius 2 is 1.56 bits per heavy atom. The van der Waals surface area contributed by atoms with Gasteiger partial charge in [0.05, 0.1) is 0 Å². The van der Waals surface area contributed by atoms with Crippen molar-refractivity contribution in [2.24, 2.45) is 0 Å². The first-order valence-electron chi connectivity index (χ1n) is 9.74. The SMILES string of the molecule is CCCCc1ccc([Si](C)(C2=C(CC)C=CC2)c2ccccc2)cc1. The number of aryl methyl sites for hydroxylation is 1. The van der Waals surface area contributed by atoms with Gasteiger partial charge in [-0.05, 0) is 41.6 Å². The molecule has 1 aliphatic rings. The number of benzene rings is 2. The molecule has 0 saturated heterocycles. The highest BCUT2D eigenvalue weighted by molar-refractivity contribution is 7.06. The number of hydrogen-bond donors (Lipinski definition) is 0. The van der Waals surface area contributed by atoms with Crippen LogP contribution in [0.2, 0.25) is 6.55 Å². The van der Waals surface area contributed by atoms with E-state index in [9.17, 15) is 0 Å². The second-order valence-electron chi connectivity index (χ2n) is 7.26. The maximum Gasteiger partial charge on any atom is 0.141 e. The first-order chi connectivity index (χ1) is 12.2. The summed E-state index contributed by atoms with van der Waals surface area (Å²) in [5.41, 5.74) is 3.04. The summed E-state index contributed by atoms with van der Waals surface area (Å²) in [6, 6.07) is 20.8. The first-order valence-corrected chi connectivity index (χ1v) is 12.2. The maximum atomic E-state index is 2.54. The fourth-order valence-electron chi connectivity index (χ4n) is 4.08. The molecule has 0 radical (unpaired) electrons. The lowest BCUT2D eigenvalue weighted by Crippen LogP contribution is -2.57. The quantitative estimate of drug-likeness (QED) is 0.587. The van der Waals surface area contributed by atoms with Crippen molar-refractivity contribution in [3.8, 4) is 0 Å². The Balaban J connectivity index is 2.06. The topological polar surface area (TPSA) is 0 Å². The minimum Gasteiger partial charge on any atom is -0.0806 e. The summed E-state index contributed by atoms with van der Waals surface area (Å²) in [5.74, 6) is 0. The molecule has 2 aromatic carbocycles. The van der Waals surface area contributed by atoms with E-state index in [1.807, 2.05) is 0 Å². The fraction of sp³-hybridized carbons (Fsp3) is 0.333. The Kier molecular flexibility index (Phi) is 5.75. The van der Waals surface area contributed by atoms with Crippen molar-refractivity contribution in [3.05, 3.63) is 83.1 Å². The van der Waals surface area contributed by atoms with Gasteiger partial charge in [0.25, 0.3) is 0 Å². The summed E-state index contributed by atoms with van der Waals surface area (Å²) < 4.78 is 0. The molecular formula is C24H30Si. The molecule has 0 nitrogen and oxygen atoms in total. The molecule has 2 aromatic rings. The van der Waals surface area contributed by atoms with Crippen LogP contribution in [0.4, 0.5) is 0 Å². The molecular weight excluding hydrogens is 316 g/mol. The van der Waals surface area contributed by atoms with E-state index in [1.54, 1.807) is 16.0 Å². The molecule has 0 heterocycles. The summed E-state index contributed by atoms with van der Waals surface area (Å²) >= 11 is 0. The average Bonchev–Trinajstić information content (AvgIpc) is 3.16. The lowest BCUT2D eigenvalue weighted by Gasteiger charge is -2.32. The van der Waals surface area contributed by atoms with Gasteiger partial charge in [-0.1, -0.05) is 104 Å². The number of hydrogen-bond acceptors (Lipinski definition) is 0. The zero-order valence-corrected chi connectivity index (χ0v) is 16.9. The molecule has 3 rings (SSSR count). The minimum absolute atomic E-state index is 1.12. The Bertz CT molecular complexity index is 752. The summed E-state index contributed by atoms with van der Waals surface area (Å²) in [4.78, 5) is 0. The van der Waals surface area contributed by atoms with Crippen LogP contribution in [0, 0.1) is 0 Å².